The molecule has 0 fully saturated rings. The zero-order valence-electron chi connectivity index (χ0n) is 13.4. The Balaban J connectivity index is 1.74. The number of halogens is 1. The summed E-state index contributed by atoms with van der Waals surface area (Å²) in [6, 6.07) is 10.7. The van der Waals surface area contributed by atoms with Gasteiger partial charge in [0.05, 0.1) is 10.6 Å². The summed E-state index contributed by atoms with van der Waals surface area (Å²) >= 11 is 0. The number of hydrogen-bond donors (Lipinski definition) is 1. The normalized spacial score (nSPS) is 14.3. The van der Waals surface area contributed by atoms with Gasteiger partial charge in [-0.2, -0.15) is 5.10 Å². The Morgan fingerprint density at radius 1 is 1.12 bits per heavy atom. The largest absolute Gasteiger partial charge is 0.268 e. The van der Waals surface area contributed by atoms with E-state index < -0.39 is 21.7 Å². The standard InChI is InChI=1S/C17H16FN3O3S/c1-12-10-11-21(19-12)15-6-2-13(3-7-15)17(22)20-25(23,24)16-8-4-14(18)5-9-16/h2-9H,10-11H2,1H3,(H,20,22). The molecule has 0 bridgehead atoms. The number of rotatable bonds is 4. The Hall–Kier alpha value is -2.74. The Morgan fingerprint density at radius 3 is 2.32 bits per heavy atom. The fourth-order valence-electron chi connectivity index (χ4n) is 2.40. The van der Waals surface area contributed by atoms with Gasteiger partial charge < -0.3 is 0 Å². The monoisotopic (exact) mass is 361 g/mol. The maximum absolute atomic E-state index is 12.9. The second kappa shape index (κ2) is 6.64. The van der Waals surface area contributed by atoms with Crippen LogP contribution in [0.25, 0.3) is 0 Å². The van der Waals surface area contributed by atoms with Gasteiger partial charge in [-0.1, -0.05) is 0 Å². The SMILES string of the molecule is CC1=NN(c2ccc(C(=O)NS(=O)(=O)c3ccc(F)cc3)cc2)CC1. The van der Waals surface area contributed by atoms with Crippen molar-refractivity contribution < 1.29 is 17.6 Å². The molecular weight excluding hydrogens is 345 g/mol. The lowest BCUT2D eigenvalue weighted by atomic mass is 10.2. The maximum Gasteiger partial charge on any atom is 0.264 e. The van der Waals surface area contributed by atoms with Gasteiger partial charge in [0.2, 0.25) is 0 Å². The van der Waals surface area contributed by atoms with Crippen molar-refractivity contribution in [1.29, 1.82) is 0 Å². The Labute approximate surface area is 145 Å². The molecule has 0 radical (unpaired) electrons. The van der Waals surface area contributed by atoms with Crippen LogP contribution in [0.4, 0.5) is 10.1 Å². The van der Waals surface area contributed by atoms with E-state index in [0.29, 0.717) is 0 Å². The van der Waals surface area contributed by atoms with Gasteiger partial charge in [-0.25, -0.2) is 17.5 Å². The summed E-state index contributed by atoms with van der Waals surface area (Å²) in [5, 5.41) is 6.19. The molecule has 1 amide bonds. The summed E-state index contributed by atoms with van der Waals surface area (Å²) in [7, 11) is -4.06. The number of sulfonamides is 1. The van der Waals surface area contributed by atoms with E-state index in [0.717, 1.165) is 48.6 Å². The number of hydrogen-bond acceptors (Lipinski definition) is 5. The molecule has 6 nitrogen and oxygen atoms in total. The average molecular weight is 361 g/mol. The molecule has 130 valence electrons. The molecule has 0 saturated heterocycles. The lowest BCUT2D eigenvalue weighted by molar-refractivity contribution is 0.0981. The number of nitrogens with zero attached hydrogens (tertiary/aromatic N) is 2. The van der Waals surface area contributed by atoms with Gasteiger partial charge in [0.1, 0.15) is 5.82 Å². The molecule has 8 heteroatoms. The highest BCUT2D eigenvalue weighted by molar-refractivity contribution is 7.90. The van der Waals surface area contributed by atoms with Crippen molar-refractivity contribution in [2.45, 2.75) is 18.2 Å². The van der Waals surface area contributed by atoms with E-state index in [-0.39, 0.29) is 10.5 Å². The highest BCUT2D eigenvalue weighted by Crippen LogP contribution is 2.20. The molecule has 2 aromatic carbocycles. The zero-order valence-corrected chi connectivity index (χ0v) is 14.3. The van der Waals surface area contributed by atoms with Gasteiger partial charge in [0.15, 0.2) is 0 Å². The van der Waals surface area contributed by atoms with E-state index in [4.69, 9.17) is 0 Å². The summed E-state index contributed by atoms with van der Waals surface area (Å²) in [6.07, 6.45) is 0.887. The minimum Gasteiger partial charge on any atom is -0.268 e. The van der Waals surface area contributed by atoms with Gasteiger partial charge in [0, 0.05) is 24.2 Å². The number of anilines is 1. The fourth-order valence-corrected chi connectivity index (χ4v) is 3.37. The first-order valence-corrected chi connectivity index (χ1v) is 9.08. The number of amides is 1. The first-order valence-electron chi connectivity index (χ1n) is 7.59. The van der Waals surface area contributed by atoms with Crippen LogP contribution >= 0.6 is 0 Å². The minimum atomic E-state index is -4.06. The lowest BCUT2D eigenvalue weighted by Crippen LogP contribution is -2.30. The van der Waals surface area contributed by atoms with Crippen LogP contribution in [-0.4, -0.2) is 26.6 Å². The lowest BCUT2D eigenvalue weighted by Gasteiger charge is -2.14. The molecule has 0 saturated carbocycles. The van der Waals surface area contributed by atoms with Crippen molar-refractivity contribution in [3.05, 3.63) is 59.9 Å². The van der Waals surface area contributed by atoms with Crippen LogP contribution in [0.15, 0.2) is 58.5 Å². The summed E-state index contributed by atoms with van der Waals surface area (Å²) in [6.45, 7) is 2.72. The predicted molar refractivity (Wildman–Crippen MR) is 92.6 cm³/mol. The molecule has 1 N–H and O–H groups in total. The van der Waals surface area contributed by atoms with Crippen LogP contribution in [0.5, 0.6) is 0 Å². The molecular formula is C17H16FN3O3S. The Bertz CT molecular complexity index is 923. The third-order valence-corrected chi connectivity index (χ3v) is 5.10. The summed E-state index contributed by atoms with van der Waals surface area (Å²) < 4.78 is 39.2. The average Bonchev–Trinajstić information content (AvgIpc) is 3.01. The highest BCUT2D eigenvalue weighted by atomic mass is 32.2. The fraction of sp³-hybridized carbons (Fsp3) is 0.176. The minimum absolute atomic E-state index is 0.180. The van der Waals surface area contributed by atoms with Gasteiger partial charge in [-0.15, -0.1) is 0 Å². The molecule has 3 rings (SSSR count). The summed E-state index contributed by atoms with van der Waals surface area (Å²) in [5.41, 5.74) is 2.07. The quantitative estimate of drug-likeness (QED) is 0.908. The molecule has 0 aliphatic carbocycles. The van der Waals surface area contributed by atoms with Crippen LogP contribution in [-0.2, 0) is 10.0 Å². The molecule has 1 aliphatic heterocycles. The first-order chi connectivity index (χ1) is 11.8. The summed E-state index contributed by atoms with van der Waals surface area (Å²) in [4.78, 5) is 12.0. The van der Waals surface area contributed by atoms with Crippen molar-refractivity contribution in [2.75, 3.05) is 11.6 Å². The Kier molecular flexibility index (Phi) is 4.54. The third-order valence-electron chi connectivity index (χ3n) is 3.76. The molecule has 0 spiro atoms. The molecule has 2 aromatic rings. The van der Waals surface area contributed by atoms with Gasteiger partial charge >= 0.3 is 0 Å². The van der Waals surface area contributed by atoms with Crippen molar-refractivity contribution >= 4 is 27.3 Å². The smallest absolute Gasteiger partial charge is 0.264 e. The predicted octanol–water partition coefficient (Wildman–Crippen LogP) is 2.53. The number of hydrazone groups is 1. The van der Waals surface area contributed by atoms with Crippen molar-refractivity contribution in [3.8, 4) is 0 Å². The maximum atomic E-state index is 12.9. The van der Waals surface area contributed by atoms with Gasteiger partial charge in [-0.05, 0) is 55.5 Å². The molecule has 25 heavy (non-hydrogen) atoms. The van der Waals surface area contributed by atoms with E-state index in [1.807, 2.05) is 16.7 Å². The van der Waals surface area contributed by atoms with Crippen molar-refractivity contribution in [1.82, 2.24) is 4.72 Å². The second-order valence-corrected chi connectivity index (χ2v) is 7.33. The summed E-state index contributed by atoms with van der Waals surface area (Å²) in [5.74, 6) is -1.31. The molecule has 0 aromatic heterocycles. The van der Waals surface area contributed by atoms with E-state index in [9.17, 15) is 17.6 Å². The van der Waals surface area contributed by atoms with Crippen LogP contribution < -0.4 is 9.73 Å². The van der Waals surface area contributed by atoms with Crippen LogP contribution in [0.3, 0.4) is 0 Å². The Morgan fingerprint density at radius 2 is 1.76 bits per heavy atom. The van der Waals surface area contributed by atoms with E-state index in [1.54, 1.807) is 12.1 Å². The van der Waals surface area contributed by atoms with E-state index in [2.05, 4.69) is 5.10 Å². The second-order valence-electron chi connectivity index (χ2n) is 5.64. The molecule has 0 atom stereocenters. The molecule has 1 aliphatic rings. The number of benzene rings is 2. The van der Waals surface area contributed by atoms with Crippen LogP contribution in [0.1, 0.15) is 23.7 Å². The van der Waals surface area contributed by atoms with Crippen molar-refractivity contribution in [3.63, 3.8) is 0 Å². The molecule has 0 unspecified atom stereocenters. The topological polar surface area (TPSA) is 78.8 Å². The van der Waals surface area contributed by atoms with Crippen LogP contribution in [0, 0.1) is 5.82 Å². The number of nitrogens with one attached hydrogen (secondary N) is 1. The number of carbonyl (C=O) groups is 1. The molecule has 1 heterocycles. The van der Waals surface area contributed by atoms with Gasteiger partial charge in [0.25, 0.3) is 15.9 Å². The highest BCUT2D eigenvalue weighted by Gasteiger charge is 2.19. The third kappa shape index (κ3) is 3.85. The van der Waals surface area contributed by atoms with Crippen molar-refractivity contribution in [2.24, 2.45) is 5.10 Å². The van der Waals surface area contributed by atoms with Crippen LogP contribution in [0.2, 0.25) is 0 Å². The van der Waals surface area contributed by atoms with E-state index in [1.165, 1.54) is 12.1 Å². The zero-order chi connectivity index (χ0) is 18.0. The van der Waals surface area contributed by atoms with Gasteiger partial charge in [-0.3, -0.25) is 9.80 Å². The van der Waals surface area contributed by atoms with E-state index >= 15 is 0 Å². The first kappa shape index (κ1) is 17.1. The number of carbonyl (C=O) groups excluding carboxylic acids is 1.